The van der Waals surface area contributed by atoms with E-state index in [1.54, 1.807) is 11.8 Å². The molecule has 0 amide bonds. The van der Waals surface area contributed by atoms with Crippen LogP contribution in [0.5, 0.6) is 0 Å². The number of nitrogens with one attached hydrogen (secondary N) is 1. The fourth-order valence-corrected chi connectivity index (χ4v) is 3.11. The van der Waals surface area contributed by atoms with Gasteiger partial charge in [0.25, 0.3) is 0 Å². The predicted octanol–water partition coefficient (Wildman–Crippen LogP) is 1.81. The van der Waals surface area contributed by atoms with Crippen LogP contribution in [-0.2, 0) is 13.0 Å². The summed E-state index contributed by atoms with van der Waals surface area (Å²) >= 11 is 1.67. The topological polar surface area (TPSA) is 80.6 Å². The minimum atomic E-state index is 0.237. The number of thioether (sulfide) groups is 1. The maximum absolute atomic E-state index is 7.30. The Kier molecular flexibility index (Phi) is 4.04. The summed E-state index contributed by atoms with van der Waals surface area (Å²) in [5, 5.41) is 17.1. The molecule has 2 heterocycles. The monoisotopic (exact) mass is 253 g/mol. The van der Waals surface area contributed by atoms with Crippen molar-refractivity contribution >= 4 is 17.6 Å². The molecular weight excluding hydrogens is 234 g/mol. The van der Waals surface area contributed by atoms with E-state index in [0.29, 0.717) is 6.42 Å². The minimum absolute atomic E-state index is 0.237. The van der Waals surface area contributed by atoms with Gasteiger partial charge in [-0.05, 0) is 12.8 Å². The van der Waals surface area contributed by atoms with E-state index in [9.17, 15) is 0 Å². The summed E-state index contributed by atoms with van der Waals surface area (Å²) in [5.41, 5.74) is 5.41. The zero-order chi connectivity index (χ0) is 12.3. The first-order chi connectivity index (χ1) is 8.16. The third kappa shape index (κ3) is 3.21. The van der Waals surface area contributed by atoms with Crippen LogP contribution in [0.2, 0.25) is 0 Å². The van der Waals surface area contributed by atoms with Crippen molar-refractivity contribution < 1.29 is 0 Å². The van der Waals surface area contributed by atoms with Crippen LogP contribution in [0.1, 0.15) is 38.4 Å². The molecule has 3 N–H and O–H groups in total. The Balaban J connectivity index is 2.06. The molecule has 94 valence electrons. The van der Waals surface area contributed by atoms with Gasteiger partial charge >= 0.3 is 0 Å². The second-order valence-corrected chi connectivity index (χ2v) is 5.92. The van der Waals surface area contributed by atoms with Crippen LogP contribution in [0.4, 0.5) is 0 Å². The highest BCUT2D eigenvalue weighted by molar-refractivity contribution is 7.99. The second-order valence-electron chi connectivity index (χ2n) is 4.52. The third-order valence-corrected chi connectivity index (χ3v) is 3.97. The Bertz CT molecular complexity index is 401. The highest BCUT2D eigenvalue weighted by Crippen LogP contribution is 2.26. The van der Waals surface area contributed by atoms with Crippen LogP contribution in [0, 0.1) is 5.41 Å². The maximum atomic E-state index is 7.30. The van der Waals surface area contributed by atoms with E-state index in [1.807, 2.05) is 0 Å². The standard InChI is InChI=1S/C11H19N5S/c1-8(7-9(12)13)17-11-15-14-10-5-3-2-4-6-16(10)11/h8H,2-7H2,1H3,(H3,12,13). The quantitative estimate of drug-likeness (QED) is 0.487. The number of amidine groups is 1. The third-order valence-electron chi connectivity index (χ3n) is 2.89. The van der Waals surface area contributed by atoms with Crippen molar-refractivity contribution in [1.82, 2.24) is 14.8 Å². The number of rotatable bonds is 4. The van der Waals surface area contributed by atoms with Gasteiger partial charge in [-0.15, -0.1) is 10.2 Å². The number of nitrogens with two attached hydrogens (primary N) is 1. The summed E-state index contributed by atoms with van der Waals surface area (Å²) in [6, 6.07) is 0. The zero-order valence-electron chi connectivity index (χ0n) is 10.1. The average Bonchev–Trinajstić information content (AvgIpc) is 2.49. The lowest BCUT2D eigenvalue weighted by molar-refractivity contribution is 0.590. The van der Waals surface area contributed by atoms with E-state index in [1.165, 1.54) is 19.3 Å². The van der Waals surface area contributed by atoms with Crippen molar-refractivity contribution in [2.24, 2.45) is 5.73 Å². The molecular formula is C11H19N5S. The highest BCUT2D eigenvalue weighted by Gasteiger charge is 2.17. The van der Waals surface area contributed by atoms with E-state index in [2.05, 4.69) is 21.7 Å². The molecule has 17 heavy (non-hydrogen) atoms. The van der Waals surface area contributed by atoms with Gasteiger partial charge in [-0.3, -0.25) is 5.41 Å². The second kappa shape index (κ2) is 5.53. The normalized spacial score (nSPS) is 17.2. The molecule has 0 radical (unpaired) electrons. The number of aromatic nitrogens is 3. The van der Waals surface area contributed by atoms with Crippen LogP contribution in [0.15, 0.2) is 5.16 Å². The Morgan fingerprint density at radius 3 is 3.06 bits per heavy atom. The molecule has 0 saturated heterocycles. The fourth-order valence-electron chi connectivity index (χ4n) is 2.08. The number of nitrogens with zero attached hydrogens (tertiary/aromatic N) is 3. The number of aryl methyl sites for hydroxylation is 1. The summed E-state index contributed by atoms with van der Waals surface area (Å²) in [6.07, 6.45) is 5.34. The van der Waals surface area contributed by atoms with Gasteiger partial charge in [0, 0.05) is 24.6 Å². The molecule has 1 aromatic rings. The molecule has 5 nitrogen and oxygen atoms in total. The maximum Gasteiger partial charge on any atom is 0.191 e. The summed E-state index contributed by atoms with van der Waals surface area (Å²) in [5.74, 6) is 1.35. The van der Waals surface area contributed by atoms with Crippen molar-refractivity contribution in [3.05, 3.63) is 5.82 Å². The molecule has 1 aromatic heterocycles. The van der Waals surface area contributed by atoms with Gasteiger partial charge in [-0.25, -0.2) is 0 Å². The lowest BCUT2D eigenvalue weighted by Gasteiger charge is -2.11. The minimum Gasteiger partial charge on any atom is -0.388 e. The van der Waals surface area contributed by atoms with E-state index in [0.717, 1.165) is 23.9 Å². The first-order valence-electron chi connectivity index (χ1n) is 6.08. The van der Waals surface area contributed by atoms with Gasteiger partial charge in [0.1, 0.15) is 5.82 Å². The SMILES string of the molecule is CC(CC(=N)N)Sc1nnc2n1CCCCC2. The Morgan fingerprint density at radius 2 is 2.29 bits per heavy atom. The Morgan fingerprint density at radius 1 is 1.47 bits per heavy atom. The van der Waals surface area contributed by atoms with Crippen molar-refractivity contribution in [2.75, 3.05) is 0 Å². The van der Waals surface area contributed by atoms with Crippen LogP contribution >= 0.6 is 11.8 Å². The molecule has 6 heteroatoms. The first-order valence-corrected chi connectivity index (χ1v) is 6.96. The van der Waals surface area contributed by atoms with Crippen molar-refractivity contribution in [1.29, 1.82) is 5.41 Å². The molecule has 1 unspecified atom stereocenters. The summed E-state index contributed by atoms with van der Waals surface area (Å²) in [7, 11) is 0. The lowest BCUT2D eigenvalue weighted by atomic mass is 10.2. The van der Waals surface area contributed by atoms with Crippen LogP contribution in [0.25, 0.3) is 0 Å². The number of hydrogen-bond donors (Lipinski definition) is 2. The Hall–Kier alpha value is -1.04. The van der Waals surface area contributed by atoms with Crippen LogP contribution in [-0.4, -0.2) is 25.9 Å². The highest BCUT2D eigenvalue weighted by atomic mass is 32.2. The van der Waals surface area contributed by atoms with Gasteiger partial charge < -0.3 is 10.3 Å². The zero-order valence-corrected chi connectivity index (χ0v) is 11.0. The number of fused-ring (bicyclic) bond motifs is 1. The van der Waals surface area contributed by atoms with E-state index in [4.69, 9.17) is 11.1 Å². The van der Waals surface area contributed by atoms with Gasteiger partial charge in [0.2, 0.25) is 0 Å². The predicted molar refractivity (Wildman–Crippen MR) is 69.4 cm³/mol. The van der Waals surface area contributed by atoms with Crippen molar-refractivity contribution in [3.63, 3.8) is 0 Å². The molecule has 1 aliphatic heterocycles. The van der Waals surface area contributed by atoms with Crippen LogP contribution in [0.3, 0.4) is 0 Å². The molecule has 0 bridgehead atoms. The summed E-state index contributed by atoms with van der Waals surface area (Å²) < 4.78 is 2.23. The fraction of sp³-hybridized carbons (Fsp3) is 0.727. The van der Waals surface area contributed by atoms with Crippen LogP contribution < -0.4 is 5.73 Å². The Labute approximate surface area is 106 Å². The molecule has 0 saturated carbocycles. The van der Waals surface area contributed by atoms with E-state index in [-0.39, 0.29) is 11.1 Å². The van der Waals surface area contributed by atoms with Crippen molar-refractivity contribution in [2.45, 2.75) is 56.0 Å². The molecule has 0 aromatic carbocycles. The average molecular weight is 253 g/mol. The van der Waals surface area contributed by atoms with Gasteiger partial charge in [-0.2, -0.15) is 0 Å². The van der Waals surface area contributed by atoms with Gasteiger partial charge in [0.05, 0.1) is 5.84 Å². The lowest BCUT2D eigenvalue weighted by Crippen LogP contribution is -2.15. The van der Waals surface area contributed by atoms with Gasteiger partial charge in [-0.1, -0.05) is 25.1 Å². The summed E-state index contributed by atoms with van der Waals surface area (Å²) in [4.78, 5) is 0. The molecule has 2 rings (SSSR count). The smallest absolute Gasteiger partial charge is 0.191 e. The molecule has 1 atom stereocenters. The van der Waals surface area contributed by atoms with Crippen molar-refractivity contribution in [3.8, 4) is 0 Å². The molecule has 1 aliphatic rings. The van der Waals surface area contributed by atoms with E-state index >= 15 is 0 Å². The largest absolute Gasteiger partial charge is 0.388 e. The summed E-state index contributed by atoms with van der Waals surface area (Å²) in [6.45, 7) is 3.10. The molecule has 0 aliphatic carbocycles. The van der Waals surface area contributed by atoms with E-state index < -0.39 is 0 Å². The number of hydrogen-bond acceptors (Lipinski definition) is 4. The first kappa shape index (κ1) is 12.4. The molecule has 0 spiro atoms. The molecule has 0 fully saturated rings. The van der Waals surface area contributed by atoms with Gasteiger partial charge in [0.15, 0.2) is 5.16 Å².